The molecule has 0 amide bonds. The van der Waals surface area contributed by atoms with Crippen molar-refractivity contribution in [1.82, 2.24) is 0 Å². The molecule has 2 heteroatoms. The Bertz CT molecular complexity index is 1020. The minimum Gasteiger partial charge on any atom is -0.298 e. The Morgan fingerprint density at radius 3 is 2.00 bits per heavy atom. The van der Waals surface area contributed by atoms with Crippen molar-refractivity contribution in [1.29, 1.82) is 0 Å². The highest BCUT2D eigenvalue weighted by atomic mass is 35.5. The van der Waals surface area contributed by atoms with E-state index in [-0.39, 0.29) is 0 Å². The number of carbonyl (C=O) groups is 1. The molecule has 0 aromatic heterocycles. The maximum atomic E-state index is 11.3. The van der Waals surface area contributed by atoms with Crippen molar-refractivity contribution in [3.8, 4) is 0 Å². The summed E-state index contributed by atoms with van der Waals surface area (Å²) < 4.78 is 0. The van der Waals surface area contributed by atoms with E-state index in [9.17, 15) is 4.79 Å². The van der Waals surface area contributed by atoms with Crippen LogP contribution in [0.2, 0.25) is 5.02 Å². The van der Waals surface area contributed by atoms with E-state index in [0.29, 0.717) is 10.6 Å². The molecule has 4 rings (SSSR count). The van der Waals surface area contributed by atoms with Crippen LogP contribution in [0.1, 0.15) is 10.4 Å². The van der Waals surface area contributed by atoms with E-state index >= 15 is 0 Å². The number of halogens is 1. The molecule has 0 aliphatic carbocycles. The Morgan fingerprint density at radius 2 is 1.33 bits per heavy atom. The Labute approximate surface area is 126 Å². The lowest BCUT2D eigenvalue weighted by Crippen LogP contribution is -1.86. The molecule has 0 bridgehead atoms. The van der Waals surface area contributed by atoms with Crippen LogP contribution in [0.4, 0.5) is 0 Å². The predicted molar refractivity (Wildman–Crippen MR) is 89.4 cm³/mol. The van der Waals surface area contributed by atoms with Gasteiger partial charge in [0, 0.05) is 5.56 Å². The molecule has 0 aliphatic rings. The van der Waals surface area contributed by atoms with Gasteiger partial charge in [-0.15, -0.1) is 0 Å². The maximum absolute atomic E-state index is 11.3. The molecule has 0 atom stereocenters. The molecule has 100 valence electrons. The first-order valence-corrected chi connectivity index (χ1v) is 7.14. The van der Waals surface area contributed by atoms with Crippen LogP contribution in [0.3, 0.4) is 0 Å². The van der Waals surface area contributed by atoms with E-state index in [1.54, 1.807) is 6.07 Å². The standard InChI is InChI=1S/C19H11ClO/c20-19-6-5-14-9-15-7-12-3-1-2-4-13(12)8-16(15)10-17(14)18(19)11-21/h1-11H. The van der Waals surface area contributed by atoms with Gasteiger partial charge < -0.3 is 0 Å². The van der Waals surface area contributed by atoms with E-state index in [0.717, 1.165) is 22.4 Å². The monoisotopic (exact) mass is 290 g/mol. The Hall–Kier alpha value is -2.38. The van der Waals surface area contributed by atoms with Crippen LogP contribution in [0, 0.1) is 0 Å². The lowest BCUT2D eigenvalue weighted by molar-refractivity contribution is 0.112. The zero-order chi connectivity index (χ0) is 14.4. The molecule has 0 fully saturated rings. The Kier molecular flexibility index (Phi) is 2.69. The molecule has 0 aliphatic heterocycles. The van der Waals surface area contributed by atoms with Crippen molar-refractivity contribution in [2.24, 2.45) is 0 Å². The average molecular weight is 291 g/mol. The van der Waals surface area contributed by atoms with Crippen LogP contribution in [0.5, 0.6) is 0 Å². The average Bonchev–Trinajstić information content (AvgIpc) is 2.51. The first kappa shape index (κ1) is 12.4. The summed E-state index contributed by atoms with van der Waals surface area (Å²) in [6, 6.07) is 20.5. The number of benzene rings is 4. The minimum atomic E-state index is 0.498. The van der Waals surface area contributed by atoms with Crippen LogP contribution >= 0.6 is 11.6 Å². The highest BCUT2D eigenvalue weighted by Gasteiger charge is 2.07. The van der Waals surface area contributed by atoms with Gasteiger partial charge in [0.2, 0.25) is 0 Å². The molecule has 0 saturated heterocycles. The molecule has 0 unspecified atom stereocenters. The summed E-state index contributed by atoms with van der Waals surface area (Å²) in [5, 5.41) is 7.13. The quantitative estimate of drug-likeness (QED) is 0.329. The van der Waals surface area contributed by atoms with Crippen molar-refractivity contribution in [2.45, 2.75) is 0 Å². The fourth-order valence-electron chi connectivity index (χ4n) is 2.88. The lowest BCUT2D eigenvalue weighted by Gasteiger charge is -2.07. The summed E-state index contributed by atoms with van der Waals surface area (Å²) in [4.78, 5) is 11.3. The van der Waals surface area contributed by atoms with Gasteiger partial charge in [-0.3, -0.25) is 4.79 Å². The predicted octanol–water partition coefficient (Wildman–Crippen LogP) is 5.61. The third-order valence-corrected chi connectivity index (χ3v) is 4.28. The highest BCUT2D eigenvalue weighted by Crippen LogP contribution is 2.31. The zero-order valence-electron chi connectivity index (χ0n) is 11.1. The topological polar surface area (TPSA) is 17.1 Å². The molecule has 0 spiro atoms. The summed E-state index contributed by atoms with van der Waals surface area (Å²) in [5.41, 5.74) is 0.559. The van der Waals surface area contributed by atoms with Gasteiger partial charge in [0.15, 0.2) is 6.29 Å². The van der Waals surface area contributed by atoms with Gasteiger partial charge >= 0.3 is 0 Å². The number of hydrogen-bond donors (Lipinski definition) is 0. The molecule has 21 heavy (non-hydrogen) atoms. The van der Waals surface area contributed by atoms with Crippen LogP contribution in [-0.4, -0.2) is 6.29 Å². The first-order chi connectivity index (χ1) is 10.3. The van der Waals surface area contributed by atoms with E-state index in [2.05, 4.69) is 30.3 Å². The van der Waals surface area contributed by atoms with Crippen LogP contribution < -0.4 is 0 Å². The van der Waals surface area contributed by atoms with Crippen LogP contribution in [0.15, 0.2) is 60.7 Å². The molecule has 4 aromatic rings. The van der Waals surface area contributed by atoms with Gasteiger partial charge in [-0.2, -0.15) is 0 Å². The van der Waals surface area contributed by atoms with Crippen molar-refractivity contribution in [3.63, 3.8) is 0 Å². The van der Waals surface area contributed by atoms with Gasteiger partial charge in [0.1, 0.15) is 0 Å². The van der Waals surface area contributed by atoms with Crippen molar-refractivity contribution in [3.05, 3.63) is 71.2 Å². The highest BCUT2D eigenvalue weighted by molar-refractivity contribution is 6.34. The second kappa shape index (κ2) is 4.57. The van der Waals surface area contributed by atoms with E-state index in [1.807, 2.05) is 24.3 Å². The van der Waals surface area contributed by atoms with E-state index in [1.165, 1.54) is 16.2 Å². The molecule has 0 radical (unpaired) electrons. The fourth-order valence-corrected chi connectivity index (χ4v) is 3.09. The fraction of sp³-hybridized carbons (Fsp3) is 0. The third-order valence-electron chi connectivity index (χ3n) is 3.95. The first-order valence-electron chi connectivity index (χ1n) is 6.76. The van der Waals surface area contributed by atoms with Gasteiger partial charge in [0.05, 0.1) is 5.02 Å². The second-order valence-electron chi connectivity index (χ2n) is 5.20. The van der Waals surface area contributed by atoms with Crippen molar-refractivity contribution in [2.75, 3.05) is 0 Å². The molecule has 0 heterocycles. The summed E-state index contributed by atoms with van der Waals surface area (Å²) in [5.74, 6) is 0. The molecular weight excluding hydrogens is 280 g/mol. The number of aldehydes is 1. The number of fused-ring (bicyclic) bond motifs is 3. The van der Waals surface area contributed by atoms with Crippen LogP contribution in [-0.2, 0) is 0 Å². The number of carbonyl (C=O) groups excluding carboxylic acids is 1. The van der Waals surface area contributed by atoms with Gasteiger partial charge in [-0.1, -0.05) is 41.9 Å². The second-order valence-corrected chi connectivity index (χ2v) is 5.61. The normalized spacial score (nSPS) is 11.3. The van der Waals surface area contributed by atoms with Crippen molar-refractivity contribution >= 4 is 50.2 Å². The van der Waals surface area contributed by atoms with Gasteiger partial charge in [-0.05, 0) is 62.6 Å². The Morgan fingerprint density at radius 1 is 0.714 bits per heavy atom. The van der Waals surface area contributed by atoms with Crippen molar-refractivity contribution < 1.29 is 4.79 Å². The summed E-state index contributed by atoms with van der Waals surface area (Å²) >= 11 is 6.12. The van der Waals surface area contributed by atoms with Gasteiger partial charge in [0.25, 0.3) is 0 Å². The maximum Gasteiger partial charge on any atom is 0.152 e. The summed E-state index contributed by atoms with van der Waals surface area (Å²) in [6.07, 6.45) is 0.831. The number of rotatable bonds is 1. The largest absolute Gasteiger partial charge is 0.298 e. The Balaban J connectivity index is 2.18. The summed E-state index contributed by atoms with van der Waals surface area (Å²) in [7, 11) is 0. The zero-order valence-corrected chi connectivity index (χ0v) is 11.9. The van der Waals surface area contributed by atoms with Crippen LogP contribution in [0.25, 0.3) is 32.3 Å². The van der Waals surface area contributed by atoms with E-state index < -0.39 is 0 Å². The molecule has 4 aromatic carbocycles. The molecular formula is C19H11ClO. The van der Waals surface area contributed by atoms with Gasteiger partial charge in [-0.25, -0.2) is 0 Å². The SMILES string of the molecule is O=Cc1c(Cl)ccc2cc3cc4ccccc4cc3cc12. The van der Waals surface area contributed by atoms with E-state index in [4.69, 9.17) is 11.6 Å². The molecule has 0 saturated carbocycles. The lowest BCUT2D eigenvalue weighted by atomic mass is 9.97. The molecule has 1 nitrogen and oxygen atoms in total. The molecule has 0 N–H and O–H groups in total. The minimum absolute atomic E-state index is 0.498. The summed E-state index contributed by atoms with van der Waals surface area (Å²) in [6.45, 7) is 0. The smallest absolute Gasteiger partial charge is 0.152 e. The number of hydrogen-bond acceptors (Lipinski definition) is 1. The third kappa shape index (κ3) is 1.90.